The minimum absolute atomic E-state index is 0.277. The lowest BCUT2D eigenvalue weighted by Crippen LogP contribution is -2.17. The van der Waals surface area contributed by atoms with E-state index in [2.05, 4.69) is 27.8 Å². The van der Waals surface area contributed by atoms with Gasteiger partial charge in [0.05, 0.1) is 14.2 Å². The molecule has 1 amide bonds. The molecule has 0 atom stereocenters. The Hall–Kier alpha value is -2.12. The maximum Gasteiger partial charge on any atom is 0.279 e. The van der Waals surface area contributed by atoms with E-state index in [4.69, 9.17) is 9.47 Å². The zero-order valence-electron chi connectivity index (χ0n) is 14.8. The third-order valence-electron chi connectivity index (χ3n) is 3.91. The number of aryl methyl sites for hydroxylation is 1. The first-order valence-electron chi connectivity index (χ1n) is 8.18. The number of benzene rings is 2. The van der Waals surface area contributed by atoms with Crippen LogP contribution in [-0.4, -0.2) is 24.7 Å². The van der Waals surface area contributed by atoms with Crippen LogP contribution in [0.5, 0.6) is 11.5 Å². The van der Waals surface area contributed by atoms with Gasteiger partial charge in [0.2, 0.25) is 0 Å². The molecule has 0 N–H and O–H groups in total. The van der Waals surface area contributed by atoms with Crippen LogP contribution in [0.2, 0.25) is 0 Å². The van der Waals surface area contributed by atoms with E-state index < -0.39 is 0 Å². The molecule has 0 saturated carbocycles. The first kappa shape index (κ1) is 18.7. The van der Waals surface area contributed by atoms with Crippen LogP contribution in [0, 0.1) is 0 Å². The average molecular weight is 435 g/mol. The van der Waals surface area contributed by atoms with Gasteiger partial charge in [0.15, 0.2) is 4.80 Å². The number of halogens is 1. The van der Waals surface area contributed by atoms with Gasteiger partial charge in [-0.25, -0.2) is 0 Å². The molecular formula is C19H19BrN2O3S. The molecule has 0 fully saturated rings. The van der Waals surface area contributed by atoms with Gasteiger partial charge in [0.1, 0.15) is 21.7 Å². The molecule has 26 heavy (non-hydrogen) atoms. The Kier molecular flexibility index (Phi) is 5.78. The standard InChI is InChI=1S/C19H19BrN2O3S/c1-4-10-22-16-14(24-2)8-9-15(25-3)17(16)26-19(22)21-18(23)12-6-5-7-13(20)11-12/h5-9,11H,4,10H2,1-3H3. The van der Waals surface area contributed by atoms with Crippen LogP contribution in [0.1, 0.15) is 23.7 Å². The molecule has 0 aliphatic rings. The Morgan fingerprint density at radius 1 is 1.19 bits per heavy atom. The third-order valence-corrected chi connectivity index (χ3v) is 5.49. The molecule has 0 radical (unpaired) electrons. The molecule has 136 valence electrons. The highest BCUT2D eigenvalue weighted by Gasteiger charge is 2.16. The van der Waals surface area contributed by atoms with Crippen LogP contribution in [0.4, 0.5) is 0 Å². The first-order chi connectivity index (χ1) is 12.6. The highest BCUT2D eigenvalue weighted by Crippen LogP contribution is 2.35. The van der Waals surface area contributed by atoms with Crippen molar-refractivity contribution in [2.45, 2.75) is 19.9 Å². The fourth-order valence-electron chi connectivity index (χ4n) is 2.74. The summed E-state index contributed by atoms with van der Waals surface area (Å²) in [5.41, 5.74) is 1.44. The van der Waals surface area contributed by atoms with E-state index in [1.807, 2.05) is 28.8 Å². The Bertz CT molecular complexity index is 1020. The number of hydrogen-bond acceptors (Lipinski definition) is 4. The Morgan fingerprint density at radius 3 is 2.58 bits per heavy atom. The zero-order valence-corrected chi connectivity index (χ0v) is 17.2. The van der Waals surface area contributed by atoms with Gasteiger partial charge in [-0.05, 0) is 36.8 Å². The van der Waals surface area contributed by atoms with Crippen molar-refractivity contribution < 1.29 is 14.3 Å². The zero-order chi connectivity index (χ0) is 18.7. The van der Waals surface area contributed by atoms with Crippen LogP contribution in [0.3, 0.4) is 0 Å². The van der Waals surface area contributed by atoms with Gasteiger partial charge in [-0.3, -0.25) is 4.79 Å². The van der Waals surface area contributed by atoms with E-state index in [-0.39, 0.29) is 5.91 Å². The Morgan fingerprint density at radius 2 is 1.92 bits per heavy atom. The van der Waals surface area contributed by atoms with Crippen molar-refractivity contribution in [2.24, 2.45) is 4.99 Å². The number of thiazole rings is 1. The van der Waals surface area contributed by atoms with Gasteiger partial charge in [-0.15, -0.1) is 0 Å². The second-order valence-electron chi connectivity index (χ2n) is 5.61. The van der Waals surface area contributed by atoms with Gasteiger partial charge >= 0.3 is 0 Å². The fraction of sp³-hybridized carbons (Fsp3) is 0.263. The van der Waals surface area contributed by atoms with Gasteiger partial charge in [0.25, 0.3) is 5.91 Å². The van der Waals surface area contributed by atoms with Crippen molar-refractivity contribution in [3.8, 4) is 11.5 Å². The number of fused-ring (bicyclic) bond motifs is 1. The van der Waals surface area contributed by atoms with Crippen LogP contribution in [0.15, 0.2) is 45.9 Å². The number of methoxy groups -OCH3 is 2. The van der Waals surface area contributed by atoms with Crippen molar-refractivity contribution in [3.05, 3.63) is 51.2 Å². The minimum atomic E-state index is -0.277. The van der Waals surface area contributed by atoms with Gasteiger partial charge < -0.3 is 14.0 Å². The minimum Gasteiger partial charge on any atom is -0.495 e. The molecule has 0 aliphatic heterocycles. The molecule has 3 aromatic rings. The van der Waals surface area contributed by atoms with Crippen molar-refractivity contribution >= 4 is 43.4 Å². The molecule has 2 aromatic carbocycles. The summed E-state index contributed by atoms with van der Waals surface area (Å²) in [7, 11) is 3.27. The molecule has 0 saturated heterocycles. The molecular weight excluding hydrogens is 416 g/mol. The molecule has 5 nitrogen and oxygen atoms in total. The fourth-order valence-corrected chi connectivity index (χ4v) is 4.31. The summed E-state index contributed by atoms with van der Waals surface area (Å²) in [5.74, 6) is 1.20. The third kappa shape index (κ3) is 3.54. The summed E-state index contributed by atoms with van der Waals surface area (Å²) in [6, 6.07) is 11.0. The average Bonchev–Trinajstić information content (AvgIpc) is 2.99. The van der Waals surface area contributed by atoms with Gasteiger partial charge in [-0.1, -0.05) is 40.3 Å². The van der Waals surface area contributed by atoms with E-state index >= 15 is 0 Å². The molecule has 0 unspecified atom stereocenters. The number of amides is 1. The Balaban J connectivity index is 2.24. The number of carbonyl (C=O) groups excluding carboxylic acids is 1. The summed E-state index contributed by atoms with van der Waals surface area (Å²) >= 11 is 4.82. The lowest BCUT2D eigenvalue weighted by atomic mass is 10.2. The van der Waals surface area contributed by atoms with E-state index in [9.17, 15) is 4.79 Å². The summed E-state index contributed by atoms with van der Waals surface area (Å²) in [5, 5.41) is 0. The number of hydrogen-bond donors (Lipinski definition) is 0. The highest BCUT2D eigenvalue weighted by molar-refractivity contribution is 9.10. The van der Waals surface area contributed by atoms with Crippen LogP contribution in [-0.2, 0) is 6.54 Å². The van der Waals surface area contributed by atoms with Crippen molar-refractivity contribution in [1.29, 1.82) is 0 Å². The van der Waals surface area contributed by atoms with E-state index in [1.54, 1.807) is 26.4 Å². The number of ether oxygens (including phenoxy) is 2. The van der Waals surface area contributed by atoms with E-state index in [0.717, 1.165) is 39.2 Å². The maximum absolute atomic E-state index is 12.7. The first-order valence-corrected chi connectivity index (χ1v) is 9.79. The number of rotatable bonds is 5. The molecule has 0 aliphatic carbocycles. The SMILES string of the molecule is CCCn1c(=NC(=O)c2cccc(Br)c2)sc2c(OC)ccc(OC)c21. The normalized spacial score (nSPS) is 11.8. The lowest BCUT2D eigenvalue weighted by molar-refractivity contribution is 0.0997. The van der Waals surface area contributed by atoms with Gasteiger partial charge in [-0.2, -0.15) is 4.99 Å². The summed E-state index contributed by atoms with van der Waals surface area (Å²) < 4.78 is 14.8. The number of carbonyl (C=O) groups is 1. The molecule has 1 heterocycles. The van der Waals surface area contributed by atoms with Crippen molar-refractivity contribution in [3.63, 3.8) is 0 Å². The Labute approximate surface area is 164 Å². The summed E-state index contributed by atoms with van der Waals surface area (Å²) in [6.07, 6.45) is 0.907. The predicted molar refractivity (Wildman–Crippen MR) is 107 cm³/mol. The van der Waals surface area contributed by atoms with Crippen LogP contribution < -0.4 is 14.3 Å². The van der Waals surface area contributed by atoms with Crippen LogP contribution in [0.25, 0.3) is 10.2 Å². The quantitative estimate of drug-likeness (QED) is 0.587. The summed E-state index contributed by atoms with van der Waals surface area (Å²) in [4.78, 5) is 17.7. The smallest absolute Gasteiger partial charge is 0.279 e. The number of nitrogens with zero attached hydrogens (tertiary/aromatic N) is 2. The van der Waals surface area contributed by atoms with Gasteiger partial charge in [0, 0.05) is 16.6 Å². The largest absolute Gasteiger partial charge is 0.495 e. The molecule has 3 rings (SSSR count). The van der Waals surface area contributed by atoms with E-state index in [1.165, 1.54) is 11.3 Å². The second kappa shape index (κ2) is 8.05. The topological polar surface area (TPSA) is 52.8 Å². The van der Waals surface area contributed by atoms with Crippen molar-refractivity contribution in [1.82, 2.24) is 4.57 Å². The lowest BCUT2D eigenvalue weighted by Gasteiger charge is -2.09. The number of aromatic nitrogens is 1. The molecule has 0 spiro atoms. The van der Waals surface area contributed by atoms with E-state index in [0.29, 0.717) is 10.4 Å². The van der Waals surface area contributed by atoms with Crippen LogP contribution >= 0.6 is 27.3 Å². The molecule has 7 heteroatoms. The second-order valence-corrected chi connectivity index (χ2v) is 7.50. The maximum atomic E-state index is 12.7. The summed E-state index contributed by atoms with van der Waals surface area (Å²) in [6.45, 7) is 2.82. The molecule has 0 bridgehead atoms. The monoisotopic (exact) mass is 434 g/mol. The predicted octanol–water partition coefficient (Wildman–Crippen LogP) is 4.63. The highest BCUT2D eigenvalue weighted by atomic mass is 79.9. The van der Waals surface area contributed by atoms with Crippen molar-refractivity contribution in [2.75, 3.05) is 14.2 Å². The molecule has 1 aromatic heterocycles.